The summed E-state index contributed by atoms with van der Waals surface area (Å²) in [6.07, 6.45) is 3.12. The van der Waals surface area contributed by atoms with Crippen molar-refractivity contribution in [2.75, 3.05) is 0 Å². The second-order valence-electron chi connectivity index (χ2n) is 1.96. The summed E-state index contributed by atoms with van der Waals surface area (Å²) >= 11 is 0. The fourth-order valence-corrected chi connectivity index (χ4v) is 0.452. The molecule has 52 valence electrons. The minimum absolute atomic E-state index is 0.398. The molecule has 0 unspecified atom stereocenters. The van der Waals surface area contributed by atoms with Crippen molar-refractivity contribution in [3.05, 3.63) is 24.4 Å². The second kappa shape index (κ2) is 4.51. The van der Waals surface area contributed by atoms with Crippen LogP contribution in [0.3, 0.4) is 0 Å². The van der Waals surface area contributed by atoms with Crippen LogP contribution in [0.1, 0.15) is 13.8 Å². The van der Waals surface area contributed by atoms with Gasteiger partial charge < -0.3 is 0 Å². The number of rotatable bonds is 2. The van der Waals surface area contributed by atoms with E-state index in [1.54, 1.807) is 12.2 Å². The van der Waals surface area contributed by atoms with Gasteiger partial charge >= 0.3 is 0 Å². The molecule has 0 aromatic heterocycles. The molecule has 0 radical (unpaired) electrons. The van der Waals surface area contributed by atoms with Gasteiger partial charge in [-0.05, 0) is 19.9 Å². The third-order valence-corrected chi connectivity index (χ3v) is 0.734. The first-order valence-corrected chi connectivity index (χ1v) is 2.95. The normalized spacial score (nSPS) is 9.90. The minimum atomic E-state index is 0.398. The largest absolute Gasteiger partial charge is 0.247 e. The quantitative estimate of drug-likeness (QED) is 0.323. The van der Waals surface area contributed by atoms with Crippen LogP contribution in [-0.2, 0) is 0 Å². The van der Waals surface area contributed by atoms with Crippen LogP contribution in [0.15, 0.2) is 29.4 Å². The Morgan fingerprint density at radius 1 is 1.60 bits per heavy atom. The zero-order valence-corrected chi connectivity index (χ0v) is 6.26. The van der Waals surface area contributed by atoms with E-state index in [-0.39, 0.29) is 0 Å². The van der Waals surface area contributed by atoms with E-state index in [1.807, 2.05) is 19.9 Å². The van der Waals surface area contributed by atoms with Gasteiger partial charge in [0.15, 0.2) is 0 Å². The van der Waals surface area contributed by atoms with Crippen molar-refractivity contribution >= 4 is 5.71 Å². The zero-order valence-electron chi connectivity index (χ0n) is 6.26. The van der Waals surface area contributed by atoms with E-state index in [9.17, 15) is 0 Å². The van der Waals surface area contributed by atoms with Crippen molar-refractivity contribution in [1.29, 1.82) is 5.26 Å². The van der Waals surface area contributed by atoms with E-state index in [4.69, 9.17) is 5.26 Å². The zero-order chi connectivity index (χ0) is 7.98. The number of allylic oxidation sites excluding steroid dienone is 3. The maximum Gasteiger partial charge on any atom is 0.140 e. The predicted octanol–water partition coefficient (Wildman–Crippen LogP) is 2.06. The third kappa shape index (κ3) is 3.62. The topological polar surface area (TPSA) is 36.1 Å². The fraction of sp³-hybridized carbons (Fsp3) is 0.250. The minimum Gasteiger partial charge on any atom is -0.247 e. The molecule has 0 saturated carbocycles. The lowest BCUT2D eigenvalue weighted by Gasteiger charge is -1.86. The summed E-state index contributed by atoms with van der Waals surface area (Å²) in [6, 6.07) is 1.94. The SMILES string of the molecule is C=C/C=C(/C#N)N=C(C)C. The highest BCUT2D eigenvalue weighted by Crippen LogP contribution is 1.94. The van der Waals surface area contributed by atoms with E-state index >= 15 is 0 Å². The lowest BCUT2D eigenvalue weighted by Crippen LogP contribution is -1.81. The van der Waals surface area contributed by atoms with Crippen LogP contribution in [0.4, 0.5) is 0 Å². The van der Waals surface area contributed by atoms with Crippen molar-refractivity contribution in [3.8, 4) is 6.07 Å². The molecular weight excluding hydrogens is 124 g/mol. The van der Waals surface area contributed by atoms with Crippen LogP contribution < -0.4 is 0 Å². The Kier molecular flexibility index (Phi) is 3.90. The van der Waals surface area contributed by atoms with Crippen molar-refractivity contribution in [2.45, 2.75) is 13.8 Å². The lowest BCUT2D eigenvalue weighted by molar-refractivity contribution is 1.36. The van der Waals surface area contributed by atoms with Crippen LogP contribution in [0.5, 0.6) is 0 Å². The van der Waals surface area contributed by atoms with Crippen LogP contribution in [-0.4, -0.2) is 5.71 Å². The van der Waals surface area contributed by atoms with Crippen molar-refractivity contribution in [1.82, 2.24) is 0 Å². The van der Waals surface area contributed by atoms with Gasteiger partial charge in [0.25, 0.3) is 0 Å². The summed E-state index contributed by atoms with van der Waals surface area (Å²) in [6.45, 7) is 7.14. The molecule has 10 heavy (non-hydrogen) atoms. The number of aliphatic imine (C=N–C) groups is 1. The van der Waals surface area contributed by atoms with E-state index in [0.717, 1.165) is 5.71 Å². The fourth-order valence-electron chi connectivity index (χ4n) is 0.452. The average Bonchev–Trinajstić information content (AvgIpc) is 1.86. The summed E-state index contributed by atoms with van der Waals surface area (Å²) in [5.41, 5.74) is 1.27. The average molecular weight is 134 g/mol. The van der Waals surface area contributed by atoms with Gasteiger partial charge in [-0.25, -0.2) is 4.99 Å². The Morgan fingerprint density at radius 3 is 2.50 bits per heavy atom. The molecule has 0 heterocycles. The van der Waals surface area contributed by atoms with Gasteiger partial charge in [-0.2, -0.15) is 5.26 Å². The molecule has 2 nitrogen and oxygen atoms in total. The summed E-state index contributed by atoms with van der Waals surface area (Å²) in [4.78, 5) is 3.93. The Hall–Kier alpha value is -1.36. The van der Waals surface area contributed by atoms with E-state index in [1.165, 1.54) is 0 Å². The maximum absolute atomic E-state index is 8.43. The molecule has 0 aliphatic carbocycles. The summed E-state index contributed by atoms with van der Waals surface area (Å²) in [5.74, 6) is 0. The first-order valence-electron chi connectivity index (χ1n) is 2.95. The van der Waals surface area contributed by atoms with Crippen LogP contribution in [0, 0.1) is 11.3 Å². The summed E-state index contributed by atoms with van der Waals surface area (Å²) in [7, 11) is 0. The summed E-state index contributed by atoms with van der Waals surface area (Å²) in [5, 5.41) is 8.43. The number of hydrogen-bond donors (Lipinski definition) is 0. The number of hydrogen-bond acceptors (Lipinski definition) is 2. The summed E-state index contributed by atoms with van der Waals surface area (Å²) < 4.78 is 0. The van der Waals surface area contributed by atoms with Crippen LogP contribution >= 0.6 is 0 Å². The maximum atomic E-state index is 8.43. The molecule has 0 aliphatic rings. The number of nitrogens with zero attached hydrogens (tertiary/aromatic N) is 2. The van der Waals surface area contributed by atoms with E-state index < -0.39 is 0 Å². The molecule has 2 heteroatoms. The van der Waals surface area contributed by atoms with E-state index in [0.29, 0.717) is 5.70 Å². The molecule has 0 aromatic carbocycles. The molecule has 0 N–H and O–H groups in total. The van der Waals surface area contributed by atoms with Gasteiger partial charge in [0, 0.05) is 5.71 Å². The van der Waals surface area contributed by atoms with Gasteiger partial charge in [0.2, 0.25) is 0 Å². The Balaban J connectivity index is 4.42. The molecule has 0 aromatic rings. The molecule has 0 rings (SSSR count). The van der Waals surface area contributed by atoms with Gasteiger partial charge in [-0.15, -0.1) is 0 Å². The number of nitriles is 1. The highest BCUT2D eigenvalue weighted by atomic mass is 14.7. The Bertz CT molecular complexity index is 212. The molecule has 0 saturated heterocycles. The molecule has 0 fully saturated rings. The van der Waals surface area contributed by atoms with Gasteiger partial charge in [-0.3, -0.25) is 0 Å². The predicted molar refractivity (Wildman–Crippen MR) is 42.7 cm³/mol. The highest BCUT2D eigenvalue weighted by Gasteiger charge is 1.86. The molecule has 0 atom stereocenters. The Morgan fingerprint density at radius 2 is 2.20 bits per heavy atom. The van der Waals surface area contributed by atoms with Crippen molar-refractivity contribution in [3.63, 3.8) is 0 Å². The Labute approximate surface area is 61.2 Å². The second-order valence-corrected chi connectivity index (χ2v) is 1.96. The first-order chi connectivity index (χ1) is 4.70. The monoisotopic (exact) mass is 134 g/mol. The molecule has 0 bridgehead atoms. The van der Waals surface area contributed by atoms with Crippen molar-refractivity contribution in [2.24, 2.45) is 4.99 Å². The first kappa shape index (κ1) is 8.64. The molecule has 0 spiro atoms. The molecule has 0 amide bonds. The van der Waals surface area contributed by atoms with Gasteiger partial charge in [-0.1, -0.05) is 12.7 Å². The third-order valence-electron chi connectivity index (χ3n) is 0.734. The van der Waals surface area contributed by atoms with Crippen LogP contribution in [0.25, 0.3) is 0 Å². The van der Waals surface area contributed by atoms with Crippen LogP contribution in [0.2, 0.25) is 0 Å². The van der Waals surface area contributed by atoms with E-state index in [2.05, 4.69) is 11.6 Å². The van der Waals surface area contributed by atoms with Gasteiger partial charge in [0.1, 0.15) is 11.8 Å². The molecule has 0 aliphatic heterocycles. The molecular formula is C8H10N2. The van der Waals surface area contributed by atoms with Gasteiger partial charge in [0.05, 0.1) is 0 Å². The lowest BCUT2D eigenvalue weighted by atomic mass is 10.4. The standard InChI is InChI=1S/C8H10N2/c1-4-5-8(6-9)10-7(2)3/h4-5H,1H2,2-3H3/b8-5-. The van der Waals surface area contributed by atoms with Crippen molar-refractivity contribution < 1.29 is 0 Å². The smallest absolute Gasteiger partial charge is 0.140 e. The highest BCUT2D eigenvalue weighted by molar-refractivity contribution is 5.80.